The Hall–Kier alpha value is -5.08. The summed E-state index contributed by atoms with van der Waals surface area (Å²) in [7, 11) is 0. The summed E-state index contributed by atoms with van der Waals surface area (Å²) in [5, 5.41) is 5.22. The van der Waals surface area contributed by atoms with E-state index < -0.39 is 0 Å². The van der Waals surface area contributed by atoms with E-state index >= 15 is 0 Å². The molecule has 2 aliphatic rings. The molecule has 246 valence electrons. The molecule has 0 unspecified atom stereocenters. The molecule has 6 aromatic carbocycles. The number of hydrogen-bond donors (Lipinski definition) is 0. The molecule has 2 aromatic heterocycles. The van der Waals surface area contributed by atoms with E-state index in [0.717, 1.165) is 0 Å². The van der Waals surface area contributed by atoms with Gasteiger partial charge in [0.2, 0.25) is 0 Å². The molecule has 0 amide bonds. The van der Waals surface area contributed by atoms with Crippen LogP contribution in [0.25, 0.3) is 66.1 Å². The van der Waals surface area contributed by atoms with Gasteiger partial charge >= 0.3 is 0 Å². The third-order valence-electron chi connectivity index (χ3n) is 14.0. The minimum atomic E-state index is -0.0663. The highest BCUT2D eigenvalue weighted by molar-refractivity contribution is 6.14. The molecule has 0 radical (unpaired) electrons. The third-order valence-corrected chi connectivity index (χ3v) is 14.0. The smallest absolute Gasteiger partial charge is 0.0544 e. The summed E-state index contributed by atoms with van der Waals surface area (Å²) in [6.45, 7) is 19.5. The average Bonchev–Trinajstić information content (AvgIpc) is 3.72. The quantitative estimate of drug-likeness (QED) is 0.177. The van der Waals surface area contributed by atoms with Crippen molar-refractivity contribution in [2.45, 2.75) is 71.6 Å². The molecule has 0 atom stereocenters. The molecule has 0 saturated heterocycles. The highest BCUT2D eigenvalue weighted by Gasteiger charge is 2.57. The van der Waals surface area contributed by atoms with E-state index in [2.05, 4.69) is 186 Å². The zero-order chi connectivity index (χ0) is 34.5. The lowest BCUT2D eigenvalue weighted by atomic mass is 9.59. The van der Waals surface area contributed by atoms with Gasteiger partial charge in [0.1, 0.15) is 0 Å². The van der Waals surface area contributed by atoms with Gasteiger partial charge in [-0.05, 0) is 110 Å². The minimum absolute atomic E-state index is 0.0242. The summed E-state index contributed by atoms with van der Waals surface area (Å²) in [5.74, 6) is 0. The first-order chi connectivity index (χ1) is 23.8. The van der Waals surface area contributed by atoms with Gasteiger partial charge in [0, 0.05) is 38.3 Å². The van der Waals surface area contributed by atoms with Crippen LogP contribution in [0.1, 0.15) is 77.6 Å². The van der Waals surface area contributed by atoms with Crippen molar-refractivity contribution in [3.8, 4) is 22.5 Å². The molecule has 0 N–H and O–H groups in total. The van der Waals surface area contributed by atoms with E-state index in [9.17, 15) is 0 Å². The number of benzene rings is 6. The Morgan fingerprint density at radius 3 is 1.68 bits per heavy atom. The van der Waals surface area contributed by atoms with Crippen molar-refractivity contribution in [1.82, 2.24) is 9.13 Å². The first-order valence-corrected chi connectivity index (χ1v) is 18.2. The van der Waals surface area contributed by atoms with Crippen LogP contribution in [-0.2, 0) is 16.2 Å². The summed E-state index contributed by atoms with van der Waals surface area (Å²) in [6.07, 6.45) is 0. The van der Waals surface area contributed by atoms with Crippen LogP contribution in [0.3, 0.4) is 0 Å². The fourth-order valence-electron chi connectivity index (χ4n) is 9.98. The van der Waals surface area contributed by atoms with Crippen molar-refractivity contribution in [2.24, 2.45) is 5.41 Å². The van der Waals surface area contributed by atoms with Crippen LogP contribution in [0.2, 0.25) is 0 Å². The molecular weight excluding hydrogens is 605 g/mol. The predicted octanol–water partition coefficient (Wildman–Crippen LogP) is 12.8. The van der Waals surface area contributed by atoms with Crippen molar-refractivity contribution in [3.63, 3.8) is 0 Å². The predicted molar refractivity (Wildman–Crippen MR) is 213 cm³/mol. The monoisotopic (exact) mass is 648 g/mol. The van der Waals surface area contributed by atoms with Gasteiger partial charge in [-0.1, -0.05) is 116 Å². The Morgan fingerprint density at radius 1 is 0.360 bits per heavy atom. The highest BCUT2D eigenvalue weighted by atomic mass is 15.0. The van der Waals surface area contributed by atoms with Crippen molar-refractivity contribution < 1.29 is 0 Å². The Morgan fingerprint density at radius 2 is 0.920 bits per heavy atom. The number of aromatic nitrogens is 2. The molecule has 8 aromatic rings. The van der Waals surface area contributed by atoms with Crippen LogP contribution in [0.5, 0.6) is 0 Å². The number of hydrogen-bond acceptors (Lipinski definition) is 0. The SMILES string of the molecule is CC1(C)c2ccccc2-c2cc3c4ccccc4n(-c4ccc5c(c4)c4cc6c(cc4n5-c4ccccc4)C(C)(C)C(C)(C)C6(C)C)c3cc21. The highest BCUT2D eigenvalue weighted by Crippen LogP contribution is 2.62. The van der Waals surface area contributed by atoms with Crippen LogP contribution in [-0.4, -0.2) is 9.13 Å². The molecular formula is C48H44N2. The molecule has 0 aliphatic heterocycles. The molecule has 0 fully saturated rings. The number of rotatable bonds is 2. The van der Waals surface area contributed by atoms with Crippen LogP contribution in [0.4, 0.5) is 0 Å². The zero-order valence-corrected chi connectivity index (χ0v) is 30.4. The van der Waals surface area contributed by atoms with E-state index in [1.54, 1.807) is 0 Å². The van der Waals surface area contributed by atoms with Crippen LogP contribution >= 0.6 is 0 Å². The minimum Gasteiger partial charge on any atom is -0.309 e. The second-order valence-electron chi connectivity index (χ2n) is 17.1. The van der Waals surface area contributed by atoms with Gasteiger partial charge in [-0.25, -0.2) is 0 Å². The molecule has 0 saturated carbocycles. The molecule has 10 rings (SSSR count). The van der Waals surface area contributed by atoms with Crippen LogP contribution < -0.4 is 0 Å². The van der Waals surface area contributed by atoms with Gasteiger partial charge in [-0.3, -0.25) is 0 Å². The first kappa shape index (κ1) is 29.8. The molecule has 2 nitrogen and oxygen atoms in total. The normalized spacial score (nSPS) is 17.8. The second kappa shape index (κ2) is 9.37. The van der Waals surface area contributed by atoms with Gasteiger partial charge < -0.3 is 9.13 Å². The zero-order valence-electron chi connectivity index (χ0n) is 30.4. The Bertz CT molecular complexity index is 2740. The fourth-order valence-corrected chi connectivity index (χ4v) is 9.98. The summed E-state index contributed by atoms with van der Waals surface area (Å²) in [5.41, 5.74) is 16.0. The van der Waals surface area contributed by atoms with Gasteiger partial charge in [-0.2, -0.15) is 0 Å². The summed E-state index contributed by atoms with van der Waals surface area (Å²) in [6, 6.07) is 46.0. The van der Waals surface area contributed by atoms with Crippen molar-refractivity contribution in [1.29, 1.82) is 0 Å². The summed E-state index contributed by atoms with van der Waals surface area (Å²) >= 11 is 0. The number of fused-ring (bicyclic) bond motifs is 10. The van der Waals surface area contributed by atoms with Crippen LogP contribution in [0, 0.1) is 5.41 Å². The maximum Gasteiger partial charge on any atom is 0.0544 e. The van der Waals surface area contributed by atoms with E-state index in [-0.39, 0.29) is 21.7 Å². The van der Waals surface area contributed by atoms with Crippen molar-refractivity contribution in [2.75, 3.05) is 0 Å². The van der Waals surface area contributed by atoms with Gasteiger partial charge in [0.15, 0.2) is 0 Å². The third kappa shape index (κ3) is 3.45. The lowest BCUT2D eigenvalue weighted by Crippen LogP contribution is -2.42. The standard InChI is InChI=1S/C48H44N2/c1-45(2)37-20-14-12-18-31(37)33-25-35-32-19-13-15-21-41(32)50(43(35)27-38(33)45)30-22-23-42-34(24-30)36-26-39-40(47(5,6)48(7,8)46(39,3)4)28-44(36)49(42)29-16-10-9-11-17-29/h9-28H,1-8H3. The maximum absolute atomic E-state index is 2.55. The molecule has 0 spiro atoms. The molecule has 50 heavy (non-hydrogen) atoms. The lowest BCUT2D eigenvalue weighted by molar-refractivity contribution is 0.125. The molecule has 2 heteroatoms. The Labute approximate surface area is 295 Å². The van der Waals surface area contributed by atoms with Crippen LogP contribution in [0.15, 0.2) is 121 Å². The Balaban J connectivity index is 1.30. The Kier molecular flexibility index (Phi) is 5.59. The van der Waals surface area contributed by atoms with Crippen molar-refractivity contribution in [3.05, 3.63) is 144 Å². The molecule has 2 aliphatic carbocycles. The summed E-state index contributed by atoms with van der Waals surface area (Å²) < 4.78 is 5.00. The molecule has 2 heterocycles. The average molecular weight is 649 g/mol. The lowest BCUT2D eigenvalue weighted by Gasteiger charge is -2.44. The van der Waals surface area contributed by atoms with Crippen molar-refractivity contribution >= 4 is 43.6 Å². The largest absolute Gasteiger partial charge is 0.309 e. The second-order valence-corrected chi connectivity index (χ2v) is 17.1. The molecule has 0 bridgehead atoms. The number of nitrogens with zero attached hydrogens (tertiary/aromatic N) is 2. The van der Waals surface area contributed by atoms with Gasteiger partial charge in [-0.15, -0.1) is 0 Å². The maximum atomic E-state index is 2.55. The van der Waals surface area contributed by atoms with E-state index in [4.69, 9.17) is 0 Å². The first-order valence-electron chi connectivity index (χ1n) is 18.2. The van der Waals surface area contributed by atoms with E-state index in [1.807, 2.05) is 0 Å². The summed E-state index contributed by atoms with van der Waals surface area (Å²) in [4.78, 5) is 0. The fraction of sp³-hybridized carbons (Fsp3) is 0.250. The van der Waals surface area contributed by atoms with Gasteiger partial charge in [0.05, 0.1) is 22.1 Å². The topological polar surface area (TPSA) is 9.86 Å². The number of para-hydroxylation sites is 2. The van der Waals surface area contributed by atoms with E-state index in [0.29, 0.717) is 0 Å². The van der Waals surface area contributed by atoms with Gasteiger partial charge in [0.25, 0.3) is 0 Å². The van der Waals surface area contributed by atoms with E-state index in [1.165, 1.54) is 88.4 Å².